The summed E-state index contributed by atoms with van der Waals surface area (Å²) in [5.41, 5.74) is 1.54. The van der Waals surface area contributed by atoms with Crippen molar-refractivity contribution in [3.05, 3.63) is 74.3 Å². The summed E-state index contributed by atoms with van der Waals surface area (Å²) in [5, 5.41) is 37.9. The summed E-state index contributed by atoms with van der Waals surface area (Å²) in [6.07, 6.45) is 0.770. The quantitative estimate of drug-likeness (QED) is 0.592. The Hall–Kier alpha value is -3.82. The van der Waals surface area contributed by atoms with Gasteiger partial charge in [0, 0.05) is 23.6 Å². The average molecular weight is 383 g/mol. The zero-order chi connectivity index (χ0) is 20.3. The molecule has 1 N–H and O–H groups in total. The van der Waals surface area contributed by atoms with Crippen molar-refractivity contribution in [1.29, 1.82) is 0 Å². The molecule has 1 aliphatic rings. The van der Waals surface area contributed by atoms with Gasteiger partial charge < -0.3 is 9.90 Å². The summed E-state index contributed by atoms with van der Waals surface area (Å²) < 4.78 is 0. The second kappa shape index (κ2) is 7.43. The Morgan fingerprint density at radius 1 is 1.07 bits per heavy atom. The number of hydrogen-bond acceptors (Lipinski definition) is 8. The maximum atomic E-state index is 11.8. The molecule has 144 valence electrons. The molecule has 3 rings (SSSR count). The van der Waals surface area contributed by atoms with Crippen LogP contribution in [0, 0.1) is 20.2 Å². The number of nitro groups is 2. The summed E-state index contributed by atoms with van der Waals surface area (Å²) in [6.45, 7) is 0. The van der Waals surface area contributed by atoms with Gasteiger partial charge in [-0.2, -0.15) is 5.10 Å². The fraction of sp³-hybridized carbons (Fsp3) is 0.222. The molecule has 0 aliphatic heterocycles. The molecule has 0 unspecified atom stereocenters. The highest BCUT2D eigenvalue weighted by Gasteiger charge is 2.40. The van der Waals surface area contributed by atoms with Crippen LogP contribution < -0.4 is 10.5 Å². The number of nitrogens with zero attached hydrogens (tertiary/aromatic N) is 3. The van der Waals surface area contributed by atoms with Crippen molar-refractivity contribution < 1.29 is 19.7 Å². The molecule has 1 aliphatic carbocycles. The topological polar surface area (TPSA) is 151 Å². The van der Waals surface area contributed by atoms with Crippen molar-refractivity contribution in [3.8, 4) is 0 Å². The zero-order valence-corrected chi connectivity index (χ0v) is 14.5. The SMILES string of the molecule is O=C([O-])[C@@]1(c2ccccc2)CC/C(=N\Nc2ccc([N+](=O)[O-])cc2[N+](=O)[O-])C1. The average Bonchev–Trinajstić information content (AvgIpc) is 3.12. The number of nitro benzene ring substituents is 2. The number of anilines is 1. The largest absolute Gasteiger partial charge is 0.549 e. The minimum atomic E-state index is -1.21. The van der Waals surface area contributed by atoms with Gasteiger partial charge in [-0.1, -0.05) is 30.3 Å². The molecule has 2 aromatic carbocycles. The Kier molecular flexibility index (Phi) is 5.03. The number of hydrazone groups is 1. The second-order valence-corrected chi connectivity index (χ2v) is 6.42. The van der Waals surface area contributed by atoms with Crippen molar-refractivity contribution >= 4 is 28.7 Å². The van der Waals surface area contributed by atoms with Gasteiger partial charge in [-0.15, -0.1) is 0 Å². The highest BCUT2D eigenvalue weighted by molar-refractivity contribution is 5.96. The molecule has 0 heterocycles. The summed E-state index contributed by atoms with van der Waals surface area (Å²) in [4.78, 5) is 32.3. The van der Waals surface area contributed by atoms with Crippen LogP contribution in [0.25, 0.3) is 0 Å². The monoisotopic (exact) mass is 383 g/mol. The molecule has 0 radical (unpaired) electrons. The number of nitrogens with one attached hydrogen (secondary N) is 1. The fourth-order valence-electron chi connectivity index (χ4n) is 3.29. The molecule has 0 spiro atoms. The van der Waals surface area contributed by atoms with E-state index in [1.165, 1.54) is 6.07 Å². The van der Waals surface area contributed by atoms with Crippen LogP contribution in [-0.2, 0) is 10.2 Å². The number of benzene rings is 2. The molecule has 10 heteroatoms. The lowest BCUT2D eigenvalue weighted by atomic mass is 9.79. The summed E-state index contributed by atoms with van der Waals surface area (Å²) in [7, 11) is 0. The van der Waals surface area contributed by atoms with Crippen LogP contribution in [0.15, 0.2) is 53.6 Å². The third kappa shape index (κ3) is 3.52. The van der Waals surface area contributed by atoms with Crippen LogP contribution >= 0.6 is 0 Å². The molecule has 1 fully saturated rings. The van der Waals surface area contributed by atoms with E-state index in [1.54, 1.807) is 30.3 Å². The Morgan fingerprint density at radius 3 is 2.39 bits per heavy atom. The first-order valence-electron chi connectivity index (χ1n) is 8.35. The number of aliphatic carboxylic acids is 1. The van der Waals surface area contributed by atoms with Crippen molar-refractivity contribution in [2.45, 2.75) is 24.7 Å². The van der Waals surface area contributed by atoms with Gasteiger partial charge >= 0.3 is 5.69 Å². The van der Waals surface area contributed by atoms with Gasteiger partial charge in [-0.05, 0) is 24.5 Å². The van der Waals surface area contributed by atoms with E-state index in [1.807, 2.05) is 0 Å². The fourth-order valence-corrected chi connectivity index (χ4v) is 3.29. The van der Waals surface area contributed by atoms with Gasteiger partial charge in [-0.3, -0.25) is 25.7 Å². The van der Waals surface area contributed by atoms with Crippen LogP contribution in [0.4, 0.5) is 17.1 Å². The lowest BCUT2D eigenvalue weighted by molar-refractivity contribution is -0.393. The number of carboxylic acids is 1. The third-order valence-electron chi connectivity index (χ3n) is 4.79. The summed E-state index contributed by atoms with van der Waals surface area (Å²) >= 11 is 0. The maximum absolute atomic E-state index is 11.8. The number of non-ortho nitro benzene ring substituents is 1. The lowest BCUT2D eigenvalue weighted by Gasteiger charge is -2.30. The molecule has 1 saturated carbocycles. The van der Waals surface area contributed by atoms with Crippen LogP contribution in [0.5, 0.6) is 0 Å². The normalized spacial score (nSPS) is 20.1. The Bertz CT molecular complexity index is 975. The van der Waals surface area contributed by atoms with E-state index in [-0.39, 0.29) is 12.1 Å². The predicted molar refractivity (Wildman–Crippen MR) is 97.8 cm³/mol. The van der Waals surface area contributed by atoms with E-state index < -0.39 is 32.6 Å². The molecule has 0 aromatic heterocycles. The molecule has 2 aromatic rings. The van der Waals surface area contributed by atoms with Gasteiger partial charge in [0.25, 0.3) is 5.69 Å². The second-order valence-electron chi connectivity index (χ2n) is 6.42. The number of rotatable bonds is 6. The number of carboxylic acid groups (broad SMARTS) is 1. The van der Waals surface area contributed by atoms with E-state index in [0.29, 0.717) is 24.1 Å². The van der Waals surface area contributed by atoms with Gasteiger partial charge in [0.05, 0.1) is 21.9 Å². The Morgan fingerprint density at radius 2 is 1.79 bits per heavy atom. The van der Waals surface area contributed by atoms with E-state index in [4.69, 9.17) is 0 Å². The Labute approximate surface area is 158 Å². The molecular weight excluding hydrogens is 368 g/mol. The maximum Gasteiger partial charge on any atom is 0.301 e. The lowest BCUT2D eigenvalue weighted by Crippen LogP contribution is -2.44. The van der Waals surface area contributed by atoms with Crippen LogP contribution in [0.3, 0.4) is 0 Å². The minimum Gasteiger partial charge on any atom is -0.549 e. The van der Waals surface area contributed by atoms with Gasteiger partial charge in [-0.25, -0.2) is 0 Å². The molecular formula is C18H15N4O6-. The van der Waals surface area contributed by atoms with Crippen molar-refractivity contribution in [1.82, 2.24) is 0 Å². The van der Waals surface area contributed by atoms with Crippen molar-refractivity contribution in [2.24, 2.45) is 5.10 Å². The smallest absolute Gasteiger partial charge is 0.301 e. The molecule has 28 heavy (non-hydrogen) atoms. The first kappa shape index (κ1) is 19.0. The highest BCUT2D eigenvalue weighted by atomic mass is 16.6. The van der Waals surface area contributed by atoms with Crippen molar-refractivity contribution in [2.75, 3.05) is 5.43 Å². The first-order valence-corrected chi connectivity index (χ1v) is 8.35. The first-order chi connectivity index (χ1) is 13.3. The van der Waals surface area contributed by atoms with Crippen molar-refractivity contribution in [3.63, 3.8) is 0 Å². The number of hydrogen-bond donors (Lipinski definition) is 1. The molecule has 0 saturated heterocycles. The van der Waals surface area contributed by atoms with Crippen LogP contribution in [0.1, 0.15) is 24.8 Å². The predicted octanol–water partition coefficient (Wildman–Crippen LogP) is 2.14. The number of carbonyl (C=O) groups excluding carboxylic acids is 1. The minimum absolute atomic E-state index is 0.0197. The molecule has 0 amide bonds. The molecule has 1 atom stereocenters. The van der Waals surface area contributed by atoms with Crippen LogP contribution in [-0.4, -0.2) is 21.5 Å². The van der Waals surface area contributed by atoms with E-state index >= 15 is 0 Å². The molecule has 0 bridgehead atoms. The van der Waals surface area contributed by atoms with E-state index in [2.05, 4.69) is 10.5 Å². The zero-order valence-electron chi connectivity index (χ0n) is 14.5. The summed E-state index contributed by atoms with van der Waals surface area (Å²) in [6, 6.07) is 11.9. The standard InChI is InChI=1S/C18H16N4O6/c23-17(24)18(12-4-2-1-3-5-12)9-8-13(11-18)19-20-15-7-6-14(21(25)26)10-16(15)22(27)28/h1-7,10,20H,8-9,11H2,(H,23,24)/p-1/b19-13+/t18-/m0/s1. The van der Waals surface area contributed by atoms with E-state index in [9.17, 15) is 30.1 Å². The van der Waals surface area contributed by atoms with Crippen LogP contribution in [0.2, 0.25) is 0 Å². The summed E-state index contributed by atoms with van der Waals surface area (Å²) in [5.74, 6) is -1.20. The van der Waals surface area contributed by atoms with Gasteiger partial charge in [0.2, 0.25) is 0 Å². The third-order valence-corrected chi connectivity index (χ3v) is 4.79. The number of carbonyl (C=O) groups is 1. The molecule has 10 nitrogen and oxygen atoms in total. The Balaban J connectivity index is 1.86. The van der Waals surface area contributed by atoms with Gasteiger partial charge in [0.1, 0.15) is 5.69 Å². The van der Waals surface area contributed by atoms with Gasteiger partial charge in [0.15, 0.2) is 0 Å². The van der Waals surface area contributed by atoms with E-state index in [0.717, 1.165) is 12.1 Å². The highest BCUT2D eigenvalue weighted by Crippen LogP contribution is 2.39.